The lowest BCUT2D eigenvalue weighted by Gasteiger charge is -2.39. The number of nitrogens with zero attached hydrogens (tertiary/aromatic N) is 4. The summed E-state index contributed by atoms with van der Waals surface area (Å²) in [6.07, 6.45) is 1.55. The summed E-state index contributed by atoms with van der Waals surface area (Å²) in [6, 6.07) is 5.46. The number of ether oxygens (including phenoxy) is 1. The van der Waals surface area contributed by atoms with Gasteiger partial charge in [0.1, 0.15) is 11.9 Å². The van der Waals surface area contributed by atoms with Crippen LogP contribution in [0.15, 0.2) is 33.4 Å². The quantitative estimate of drug-likeness (QED) is 0.518. The zero-order valence-electron chi connectivity index (χ0n) is 21.6. The Labute approximate surface area is 230 Å². The molecule has 2 fully saturated rings. The number of piperidine rings is 1. The molecule has 0 spiro atoms. The molecule has 1 aromatic heterocycles. The number of amides is 2. The molecular weight excluding hydrogens is 580 g/mol. The first kappa shape index (κ1) is 28.2. The van der Waals surface area contributed by atoms with Gasteiger partial charge < -0.3 is 30.0 Å². The SMILES string of the molecule is CC(C)(C)OC(=O)N1CCC(S(=O)(=O)N2CCN(c3ccc(Br)c(NC(=O)c4coc(N)n4)c3)CC2)CC1. The van der Waals surface area contributed by atoms with Crippen LogP contribution < -0.4 is 16.0 Å². The largest absolute Gasteiger partial charge is 0.444 e. The standard InChI is InChI=1S/C24H33BrN6O6S/c1-24(2,3)37-23(33)30-8-6-17(7-9-30)38(34,35)31-12-10-29(11-13-31)16-4-5-18(25)19(14-16)27-21(32)20-15-36-22(26)28-20/h4-5,14-15,17H,6-13H2,1-3H3,(H2,26,28)(H,27,32). The first-order valence-electron chi connectivity index (χ1n) is 12.4. The monoisotopic (exact) mass is 612 g/mol. The summed E-state index contributed by atoms with van der Waals surface area (Å²) in [4.78, 5) is 32.3. The van der Waals surface area contributed by atoms with Gasteiger partial charge in [-0.05, 0) is 67.7 Å². The number of piperazine rings is 1. The summed E-state index contributed by atoms with van der Waals surface area (Å²) in [7, 11) is -3.50. The molecule has 1 aromatic carbocycles. The molecule has 3 heterocycles. The van der Waals surface area contributed by atoms with Crippen LogP contribution in [0.5, 0.6) is 0 Å². The van der Waals surface area contributed by atoms with E-state index in [1.165, 1.54) is 6.26 Å². The van der Waals surface area contributed by atoms with E-state index in [1.807, 2.05) is 39.0 Å². The van der Waals surface area contributed by atoms with Crippen molar-refractivity contribution in [3.63, 3.8) is 0 Å². The van der Waals surface area contributed by atoms with Crippen LogP contribution in [0.25, 0.3) is 0 Å². The molecule has 0 atom stereocenters. The molecule has 12 nitrogen and oxygen atoms in total. The second-order valence-electron chi connectivity index (χ2n) is 10.3. The Balaban J connectivity index is 1.33. The fourth-order valence-electron chi connectivity index (χ4n) is 4.46. The van der Waals surface area contributed by atoms with Crippen LogP contribution in [-0.2, 0) is 14.8 Å². The second-order valence-corrected chi connectivity index (χ2v) is 13.4. The molecule has 2 aromatic rings. The summed E-state index contributed by atoms with van der Waals surface area (Å²) in [5, 5.41) is 2.26. The lowest BCUT2D eigenvalue weighted by molar-refractivity contribution is 0.0216. The Hall–Kier alpha value is -2.84. The Bertz CT molecular complexity index is 1280. The minimum atomic E-state index is -3.50. The molecule has 0 unspecified atom stereocenters. The Morgan fingerprint density at radius 1 is 1.13 bits per heavy atom. The zero-order chi connectivity index (χ0) is 27.7. The number of benzene rings is 1. The van der Waals surface area contributed by atoms with Gasteiger partial charge in [-0.15, -0.1) is 0 Å². The van der Waals surface area contributed by atoms with E-state index in [0.717, 1.165) is 5.69 Å². The first-order valence-corrected chi connectivity index (χ1v) is 14.7. The van der Waals surface area contributed by atoms with Crippen LogP contribution in [0.4, 0.5) is 22.2 Å². The van der Waals surface area contributed by atoms with Gasteiger partial charge in [-0.1, -0.05) is 0 Å². The van der Waals surface area contributed by atoms with E-state index in [2.05, 4.69) is 31.1 Å². The number of hydrogen-bond acceptors (Lipinski definition) is 9. The Kier molecular flexibility index (Phi) is 8.23. The van der Waals surface area contributed by atoms with Gasteiger partial charge in [0.05, 0.1) is 10.9 Å². The topological polar surface area (TPSA) is 151 Å². The van der Waals surface area contributed by atoms with Gasteiger partial charge in [0, 0.05) is 49.4 Å². The molecule has 0 radical (unpaired) electrons. The Morgan fingerprint density at radius 2 is 1.79 bits per heavy atom. The fraction of sp³-hybridized carbons (Fsp3) is 0.542. The van der Waals surface area contributed by atoms with E-state index in [4.69, 9.17) is 14.9 Å². The van der Waals surface area contributed by atoms with E-state index in [9.17, 15) is 18.0 Å². The molecule has 0 aliphatic carbocycles. The van der Waals surface area contributed by atoms with Crippen LogP contribution >= 0.6 is 15.9 Å². The van der Waals surface area contributed by atoms with Crippen LogP contribution in [0.1, 0.15) is 44.1 Å². The van der Waals surface area contributed by atoms with Gasteiger partial charge in [-0.25, -0.2) is 13.2 Å². The molecular formula is C24H33BrN6O6S. The molecule has 2 amide bonds. The van der Waals surface area contributed by atoms with Crippen LogP contribution in [0.3, 0.4) is 0 Å². The molecule has 0 bridgehead atoms. The van der Waals surface area contributed by atoms with Crippen LogP contribution in [0.2, 0.25) is 0 Å². The summed E-state index contributed by atoms with van der Waals surface area (Å²) in [5.74, 6) is -0.461. The predicted octanol–water partition coefficient (Wildman–Crippen LogP) is 3.12. The molecule has 2 saturated heterocycles. The highest BCUT2D eigenvalue weighted by atomic mass is 79.9. The number of nitrogen functional groups attached to an aromatic ring is 1. The van der Waals surface area contributed by atoms with E-state index in [1.54, 1.807) is 9.21 Å². The molecule has 14 heteroatoms. The van der Waals surface area contributed by atoms with Crippen molar-refractivity contribution >= 4 is 55.3 Å². The maximum absolute atomic E-state index is 13.3. The van der Waals surface area contributed by atoms with Crippen LogP contribution in [0, 0.1) is 0 Å². The minimum Gasteiger partial charge on any atom is -0.444 e. The van der Waals surface area contributed by atoms with E-state index in [0.29, 0.717) is 62.3 Å². The lowest BCUT2D eigenvalue weighted by Crippen LogP contribution is -2.53. The van der Waals surface area contributed by atoms with Gasteiger partial charge >= 0.3 is 6.09 Å². The molecule has 4 rings (SSSR count). The summed E-state index contributed by atoms with van der Waals surface area (Å²) < 4.78 is 39.2. The smallest absolute Gasteiger partial charge is 0.410 e. The van der Waals surface area contributed by atoms with Crippen molar-refractivity contribution in [1.29, 1.82) is 0 Å². The van der Waals surface area contributed by atoms with E-state index in [-0.39, 0.29) is 11.7 Å². The zero-order valence-corrected chi connectivity index (χ0v) is 24.0. The van der Waals surface area contributed by atoms with Crippen molar-refractivity contribution in [3.05, 3.63) is 34.6 Å². The highest BCUT2D eigenvalue weighted by molar-refractivity contribution is 9.10. The maximum Gasteiger partial charge on any atom is 0.410 e. The van der Waals surface area contributed by atoms with Crippen LogP contribution in [-0.4, -0.2) is 84.7 Å². The van der Waals surface area contributed by atoms with Gasteiger partial charge in [0.25, 0.3) is 11.9 Å². The number of nitrogens with two attached hydrogens (primary N) is 1. The number of nitrogens with one attached hydrogen (secondary N) is 1. The van der Waals surface area contributed by atoms with E-state index < -0.39 is 32.9 Å². The molecule has 208 valence electrons. The lowest BCUT2D eigenvalue weighted by atomic mass is 10.1. The number of aromatic nitrogens is 1. The highest BCUT2D eigenvalue weighted by Gasteiger charge is 2.38. The van der Waals surface area contributed by atoms with E-state index >= 15 is 0 Å². The number of carbonyl (C=O) groups is 2. The predicted molar refractivity (Wildman–Crippen MR) is 147 cm³/mol. The highest BCUT2D eigenvalue weighted by Crippen LogP contribution is 2.30. The summed E-state index contributed by atoms with van der Waals surface area (Å²) >= 11 is 3.45. The van der Waals surface area contributed by atoms with Crippen molar-refractivity contribution in [3.8, 4) is 0 Å². The third kappa shape index (κ3) is 6.59. The average molecular weight is 614 g/mol. The number of carbonyl (C=O) groups excluding carboxylic acids is 2. The number of anilines is 3. The number of hydrogen-bond donors (Lipinski definition) is 2. The van der Waals surface area contributed by atoms with Gasteiger partial charge in [-0.3, -0.25) is 4.79 Å². The molecule has 0 saturated carbocycles. The first-order chi connectivity index (χ1) is 17.8. The normalized spacial score (nSPS) is 17.9. The number of sulfonamides is 1. The Morgan fingerprint density at radius 3 is 2.37 bits per heavy atom. The molecule has 2 aliphatic rings. The van der Waals surface area contributed by atoms with Crippen molar-refractivity contribution in [2.75, 3.05) is 55.2 Å². The second kappa shape index (κ2) is 11.1. The van der Waals surface area contributed by atoms with Crippen molar-refractivity contribution < 1.29 is 27.2 Å². The van der Waals surface area contributed by atoms with Gasteiger partial charge in [0.2, 0.25) is 10.0 Å². The van der Waals surface area contributed by atoms with Gasteiger partial charge in [0.15, 0.2) is 5.69 Å². The average Bonchev–Trinajstić information content (AvgIpc) is 3.31. The number of halogens is 1. The number of likely N-dealkylation sites (tertiary alicyclic amines) is 1. The molecule has 2 aliphatic heterocycles. The minimum absolute atomic E-state index is 0.0653. The number of rotatable bonds is 5. The summed E-state index contributed by atoms with van der Waals surface area (Å²) in [6.45, 7) is 7.85. The maximum atomic E-state index is 13.3. The molecule has 3 N–H and O–H groups in total. The van der Waals surface area contributed by atoms with Crippen molar-refractivity contribution in [1.82, 2.24) is 14.2 Å². The third-order valence-electron chi connectivity index (χ3n) is 6.43. The third-order valence-corrected chi connectivity index (χ3v) is 9.52. The summed E-state index contributed by atoms with van der Waals surface area (Å²) in [5.41, 5.74) is 6.32. The van der Waals surface area contributed by atoms with Crippen molar-refractivity contribution in [2.24, 2.45) is 0 Å². The number of oxazole rings is 1. The van der Waals surface area contributed by atoms with Gasteiger partial charge in [-0.2, -0.15) is 9.29 Å². The van der Waals surface area contributed by atoms with Crippen molar-refractivity contribution in [2.45, 2.75) is 44.5 Å². The molecule has 38 heavy (non-hydrogen) atoms. The fourth-order valence-corrected chi connectivity index (χ4v) is 6.70.